The molecule has 0 unspecified atom stereocenters. The van der Waals surface area contributed by atoms with E-state index < -0.39 is 0 Å². The van der Waals surface area contributed by atoms with E-state index in [-0.39, 0.29) is 0 Å². The molecule has 0 saturated carbocycles. The van der Waals surface area contributed by atoms with E-state index in [9.17, 15) is 0 Å². The molecule has 0 atom stereocenters. The van der Waals surface area contributed by atoms with Crippen molar-refractivity contribution in [3.8, 4) is 0 Å². The van der Waals surface area contributed by atoms with Gasteiger partial charge < -0.3 is 15.5 Å². The van der Waals surface area contributed by atoms with Gasteiger partial charge in [-0.25, -0.2) is 4.98 Å². The van der Waals surface area contributed by atoms with Gasteiger partial charge >= 0.3 is 0 Å². The molecule has 2 aromatic rings. The molecule has 1 heterocycles. The molecule has 0 fully saturated rings. The number of aromatic nitrogens is 1. The number of nitrogens with two attached hydrogens (primary N) is 1. The zero-order chi connectivity index (χ0) is 10.7. The van der Waals surface area contributed by atoms with E-state index in [0.717, 1.165) is 17.1 Å². The van der Waals surface area contributed by atoms with Crippen LogP contribution in [0.15, 0.2) is 34.9 Å². The minimum atomic E-state index is 0.581. The lowest BCUT2D eigenvalue weighted by molar-refractivity contribution is 0.479. The summed E-state index contributed by atoms with van der Waals surface area (Å²) in [5, 5.41) is 3.19. The second-order valence-corrected chi connectivity index (χ2v) is 3.34. The second kappa shape index (κ2) is 4.04. The molecular formula is C11H13N3O. The molecule has 0 spiro atoms. The Morgan fingerprint density at radius 1 is 1.33 bits per heavy atom. The maximum atomic E-state index is 5.58. The highest BCUT2D eigenvalue weighted by molar-refractivity contribution is 5.51. The SMILES string of the molecule is Cc1cnc(CNc2ccc(N)cc2)o1. The summed E-state index contributed by atoms with van der Waals surface area (Å²) in [6.07, 6.45) is 1.71. The molecule has 0 aliphatic carbocycles. The minimum absolute atomic E-state index is 0.581. The van der Waals surface area contributed by atoms with Gasteiger partial charge in [0.25, 0.3) is 0 Å². The number of aryl methyl sites for hydroxylation is 1. The quantitative estimate of drug-likeness (QED) is 0.750. The molecule has 3 N–H and O–H groups in total. The van der Waals surface area contributed by atoms with Crippen molar-refractivity contribution in [3.63, 3.8) is 0 Å². The van der Waals surface area contributed by atoms with Gasteiger partial charge in [-0.3, -0.25) is 0 Å². The number of nitrogens with one attached hydrogen (secondary N) is 1. The summed E-state index contributed by atoms with van der Waals surface area (Å²) in [6, 6.07) is 7.54. The van der Waals surface area contributed by atoms with E-state index in [1.54, 1.807) is 6.20 Å². The van der Waals surface area contributed by atoms with Crippen molar-refractivity contribution in [2.24, 2.45) is 0 Å². The van der Waals surface area contributed by atoms with Crippen LogP contribution in [-0.2, 0) is 6.54 Å². The van der Waals surface area contributed by atoms with Crippen LogP contribution < -0.4 is 11.1 Å². The zero-order valence-electron chi connectivity index (χ0n) is 8.53. The van der Waals surface area contributed by atoms with Crippen LogP contribution in [0.1, 0.15) is 11.7 Å². The smallest absolute Gasteiger partial charge is 0.213 e. The Kier molecular flexibility index (Phi) is 2.58. The fourth-order valence-electron chi connectivity index (χ4n) is 1.26. The first-order valence-electron chi connectivity index (χ1n) is 4.75. The summed E-state index contributed by atoms with van der Waals surface area (Å²) in [5.41, 5.74) is 7.34. The predicted octanol–water partition coefficient (Wildman–Crippen LogP) is 2.18. The molecule has 0 aliphatic rings. The molecule has 0 aliphatic heterocycles. The van der Waals surface area contributed by atoms with Gasteiger partial charge in [-0.1, -0.05) is 0 Å². The molecule has 0 radical (unpaired) electrons. The Labute approximate surface area is 88.1 Å². The molecule has 0 bridgehead atoms. The lowest BCUT2D eigenvalue weighted by Gasteiger charge is -2.03. The van der Waals surface area contributed by atoms with E-state index >= 15 is 0 Å². The third-order valence-electron chi connectivity index (χ3n) is 2.02. The lowest BCUT2D eigenvalue weighted by Crippen LogP contribution is -1.99. The normalized spacial score (nSPS) is 10.2. The Balaban J connectivity index is 1.96. The van der Waals surface area contributed by atoms with Crippen molar-refractivity contribution < 1.29 is 4.42 Å². The van der Waals surface area contributed by atoms with Crippen LogP contribution in [0.2, 0.25) is 0 Å². The number of nitrogens with zero attached hydrogens (tertiary/aromatic N) is 1. The van der Waals surface area contributed by atoms with Crippen LogP contribution >= 0.6 is 0 Å². The third kappa shape index (κ3) is 2.49. The summed E-state index contributed by atoms with van der Waals surface area (Å²) in [4.78, 5) is 4.09. The number of hydrogen-bond donors (Lipinski definition) is 2. The molecule has 1 aromatic heterocycles. The van der Waals surface area contributed by atoms with Gasteiger partial charge in [-0.15, -0.1) is 0 Å². The number of oxazole rings is 1. The average molecular weight is 203 g/mol. The maximum Gasteiger partial charge on any atom is 0.213 e. The summed E-state index contributed by atoms with van der Waals surface area (Å²) in [7, 11) is 0. The van der Waals surface area contributed by atoms with Gasteiger partial charge in [0, 0.05) is 11.4 Å². The van der Waals surface area contributed by atoms with Crippen molar-refractivity contribution in [2.75, 3.05) is 11.1 Å². The molecule has 78 valence electrons. The highest BCUT2D eigenvalue weighted by atomic mass is 16.4. The van der Waals surface area contributed by atoms with Crippen LogP contribution in [0.25, 0.3) is 0 Å². The van der Waals surface area contributed by atoms with Crippen molar-refractivity contribution >= 4 is 11.4 Å². The lowest BCUT2D eigenvalue weighted by atomic mass is 10.3. The van der Waals surface area contributed by atoms with E-state index in [4.69, 9.17) is 10.2 Å². The number of rotatable bonds is 3. The highest BCUT2D eigenvalue weighted by Gasteiger charge is 1.99. The molecule has 1 aromatic carbocycles. The van der Waals surface area contributed by atoms with Crippen LogP contribution in [0.3, 0.4) is 0 Å². The Morgan fingerprint density at radius 2 is 2.07 bits per heavy atom. The van der Waals surface area contributed by atoms with Gasteiger partial charge in [-0.05, 0) is 31.2 Å². The number of hydrogen-bond acceptors (Lipinski definition) is 4. The van der Waals surface area contributed by atoms with Crippen LogP contribution in [0.5, 0.6) is 0 Å². The minimum Gasteiger partial charge on any atom is -0.444 e. The molecule has 15 heavy (non-hydrogen) atoms. The molecule has 0 saturated heterocycles. The Morgan fingerprint density at radius 3 is 2.67 bits per heavy atom. The van der Waals surface area contributed by atoms with E-state index in [0.29, 0.717) is 12.4 Å². The van der Waals surface area contributed by atoms with Crippen LogP contribution in [-0.4, -0.2) is 4.98 Å². The highest BCUT2D eigenvalue weighted by Crippen LogP contribution is 2.11. The number of benzene rings is 1. The summed E-state index contributed by atoms with van der Waals surface area (Å²) >= 11 is 0. The summed E-state index contributed by atoms with van der Waals surface area (Å²) in [6.45, 7) is 2.46. The van der Waals surface area contributed by atoms with Gasteiger partial charge in [0.05, 0.1) is 12.7 Å². The monoisotopic (exact) mass is 203 g/mol. The zero-order valence-corrected chi connectivity index (χ0v) is 8.53. The van der Waals surface area contributed by atoms with Gasteiger partial charge in [-0.2, -0.15) is 0 Å². The maximum absolute atomic E-state index is 5.58. The molecule has 2 rings (SSSR count). The number of anilines is 2. The first kappa shape index (κ1) is 9.58. The van der Waals surface area contributed by atoms with Crippen molar-refractivity contribution in [2.45, 2.75) is 13.5 Å². The van der Waals surface area contributed by atoms with Crippen molar-refractivity contribution in [1.82, 2.24) is 4.98 Å². The van der Waals surface area contributed by atoms with E-state index in [1.165, 1.54) is 0 Å². The largest absolute Gasteiger partial charge is 0.444 e. The van der Waals surface area contributed by atoms with Gasteiger partial charge in [0.1, 0.15) is 5.76 Å². The number of nitrogen functional groups attached to an aromatic ring is 1. The summed E-state index contributed by atoms with van der Waals surface area (Å²) in [5.74, 6) is 1.51. The van der Waals surface area contributed by atoms with E-state index in [2.05, 4.69) is 10.3 Å². The first-order chi connectivity index (χ1) is 7.24. The molecule has 4 nitrogen and oxygen atoms in total. The summed E-state index contributed by atoms with van der Waals surface area (Å²) < 4.78 is 5.33. The third-order valence-corrected chi connectivity index (χ3v) is 2.02. The Bertz CT molecular complexity index is 433. The van der Waals surface area contributed by atoms with Crippen LogP contribution in [0, 0.1) is 6.92 Å². The standard InChI is InChI=1S/C11H13N3O/c1-8-6-14-11(15-8)7-13-10-4-2-9(12)3-5-10/h2-6,13H,7,12H2,1H3. The van der Waals surface area contributed by atoms with Gasteiger partial charge in [0.2, 0.25) is 5.89 Å². The fourth-order valence-corrected chi connectivity index (χ4v) is 1.26. The van der Waals surface area contributed by atoms with Crippen molar-refractivity contribution in [1.29, 1.82) is 0 Å². The Hall–Kier alpha value is -1.97. The molecule has 4 heteroatoms. The van der Waals surface area contributed by atoms with E-state index in [1.807, 2.05) is 31.2 Å². The topological polar surface area (TPSA) is 64.1 Å². The second-order valence-electron chi connectivity index (χ2n) is 3.34. The van der Waals surface area contributed by atoms with Gasteiger partial charge in [0.15, 0.2) is 0 Å². The predicted molar refractivity (Wildman–Crippen MR) is 59.4 cm³/mol. The molecule has 0 amide bonds. The first-order valence-corrected chi connectivity index (χ1v) is 4.75. The van der Waals surface area contributed by atoms with Crippen molar-refractivity contribution in [3.05, 3.63) is 42.1 Å². The molecular weight excluding hydrogens is 190 g/mol. The average Bonchev–Trinajstić information content (AvgIpc) is 2.64. The van der Waals surface area contributed by atoms with Crippen LogP contribution in [0.4, 0.5) is 11.4 Å². The fraction of sp³-hybridized carbons (Fsp3) is 0.182.